The summed E-state index contributed by atoms with van der Waals surface area (Å²) in [5, 5.41) is 12.2. The summed E-state index contributed by atoms with van der Waals surface area (Å²) in [5.41, 5.74) is 1.06. The number of methoxy groups -OCH3 is 2. The van der Waals surface area contributed by atoms with Crippen molar-refractivity contribution >= 4 is 29.0 Å². The zero-order valence-corrected chi connectivity index (χ0v) is 16.5. The predicted molar refractivity (Wildman–Crippen MR) is 107 cm³/mol. The number of aromatic nitrogens is 1. The van der Waals surface area contributed by atoms with Crippen LogP contribution in [0, 0.1) is 17.2 Å². The van der Waals surface area contributed by atoms with Gasteiger partial charge in [0.2, 0.25) is 5.91 Å². The van der Waals surface area contributed by atoms with Crippen LogP contribution in [0.4, 0.5) is 11.5 Å². The number of nitriles is 1. The molecule has 8 heteroatoms. The molecule has 0 spiro atoms. The first-order valence-electron chi connectivity index (χ1n) is 8.89. The van der Waals surface area contributed by atoms with E-state index in [1.807, 2.05) is 6.07 Å². The first-order chi connectivity index (χ1) is 13.5. The summed E-state index contributed by atoms with van der Waals surface area (Å²) in [5.74, 6) is 1.63. The van der Waals surface area contributed by atoms with Crippen LogP contribution in [0.25, 0.3) is 0 Å². The number of hydrogen-bond acceptors (Lipinski definition) is 6. The predicted octanol–water partition coefficient (Wildman–Crippen LogP) is 3.48. The van der Waals surface area contributed by atoms with Crippen LogP contribution >= 0.6 is 11.6 Å². The van der Waals surface area contributed by atoms with Crippen LogP contribution in [-0.4, -0.2) is 38.2 Å². The summed E-state index contributed by atoms with van der Waals surface area (Å²) in [7, 11) is 3.05. The summed E-state index contributed by atoms with van der Waals surface area (Å²) in [4.78, 5) is 19.2. The second-order valence-corrected chi connectivity index (χ2v) is 6.86. The lowest BCUT2D eigenvalue weighted by Crippen LogP contribution is -2.38. The van der Waals surface area contributed by atoms with Gasteiger partial charge in [-0.3, -0.25) is 4.79 Å². The zero-order valence-electron chi connectivity index (χ0n) is 15.7. The minimum absolute atomic E-state index is 0.0630. The van der Waals surface area contributed by atoms with Gasteiger partial charge in [-0.1, -0.05) is 11.6 Å². The van der Waals surface area contributed by atoms with Crippen LogP contribution in [0.15, 0.2) is 30.5 Å². The minimum atomic E-state index is -0.111. The molecule has 1 fully saturated rings. The first-order valence-corrected chi connectivity index (χ1v) is 9.27. The van der Waals surface area contributed by atoms with Crippen molar-refractivity contribution in [2.45, 2.75) is 12.8 Å². The van der Waals surface area contributed by atoms with Crippen LogP contribution in [0.5, 0.6) is 11.5 Å². The highest BCUT2D eigenvalue weighted by Crippen LogP contribution is 2.36. The molecule has 0 atom stereocenters. The number of pyridine rings is 1. The monoisotopic (exact) mass is 400 g/mol. The van der Waals surface area contributed by atoms with Crippen molar-refractivity contribution in [2.24, 2.45) is 5.92 Å². The third-order valence-electron chi connectivity index (χ3n) is 4.80. The van der Waals surface area contributed by atoms with Crippen molar-refractivity contribution in [3.8, 4) is 17.6 Å². The molecular weight excluding hydrogens is 380 g/mol. The van der Waals surface area contributed by atoms with Gasteiger partial charge in [0.25, 0.3) is 0 Å². The summed E-state index contributed by atoms with van der Waals surface area (Å²) in [6.07, 6.45) is 2.98. The number of nitrogens with one attached hydrogen (secondary N) is 1. The number of nitrogens with zero attached hydrogens (tertiary/aromatic N) is 3. The molecule has 1 aromatic carbocycles. The van der Waals surface area contributed by atoms with Crippen molar-refractivity contribution in [1.29, 1.82) is 5.26 Å². The van der Waals surface area contributed by atoms with E-state index in [-0.39, 0.29) is 11.8 Å². The van der Waals surface area contributed by atoms with E-state index in [2.05, 4.69) is 21.3 Å². The van der Waals surface area contributed by atoms with Crippen molar-refractivity contribution in [3.05, 3.63) is 41.0 Å². The summed E-state index contributed by atoms with van der Waals surface area (Å²) < 4.78 is 10.5. The molecule has 0 bridgehead atoms. The lowest BCUT2D eigenvalue weighted by Gasteiger charge is -2.32. The number of rotatable bonds is 5. The Bertz CT molecular complexity index is 888. The Labute approximate surface area is 168 Å². The SMILES string of the molecule is COc1cc(OC)c(NC(=O)C2CCN(c3ccc(C#N)cn3)CC2)cc1Cl. The Kier molecular flexibility index (Phi) is 6.22. The normalized spacial score (nSPS) is 14.3. The summed E-state index contributed by atoms with van der Waals surface area (Å²) >= 11 is 6.17. The smallest absolute Gasteiger partial charge is 0.227 e. The fourth-order valence-corrected chi connectivity index (χ4v) is 3.44. The van der Waals surface area contributed by atoms with Gasteiger partial charge < -0.3 is 19.7 Å². The Morgan fingerprint density at radius 3 is 2.54 bits per heavy atom. The fraction of sp³-hybridized carbons (Fsp3) is 0.350. The van der Waals surface area contributed by atoms with Gasteiger partial charge in [0.15, 0.2) is 0 Å². The van der Waals surface area contributed by atoms with Crippen LogP contribution in [0.2, 0.25) is 5.02 Å². The second-order valence-electron chi connectivity index (χ2n) is 6.45. The molecule has 1 aliphatic heterocycles. The van der Waals surface area contributed by atoms with E-state index in [1.165, 1.54) is 14.2 Å². The number of ether oxygens (including phenoxy) is 2. The maximum atomic E-state index is 12.7. The number of anilines is 2. The average molecular weight is 401 g/mol. The molecule has 2 aromatic rings. The van der Waals surface area contributed by atoms with Crippen LogP contribution in [0.3, 0.4) is 0 Å². The summed E-state index contributed by atoms with van der Waals surface area (Å²) in [6, 6.07) is 8.93. The Morgan fingerprint density at radius 1 is 1.25 bits per heavy atom. The number of carbonyl (C=O) groups is 1. The maximum Gasteiger partial charge on any atom is 0.227 e. The molecule has 1 amide bonds. The number of hydrogen-bond donors (Lipinski definition) is 1. The molecule has 1 aliphatic rings. The molecule has 0 aliphatic carbocycles. The van der Waals surface area contributed by atoms with Crippen LogP contribution in [-0.2, 0) is 4.79 Å². The standard InChI is InChI=1S/C20H21ClN4O3/c1-27-17-10-18(28-2)16(9-15(17)21)24-20(26)14-5-7-25(8-6-14)19-4-3-13(11-22)12-23-19/h3-4,9-10,12,14H,5-8H2,1-2H3,(H,24,26). The molecule has 1 saturated heterocycles. The minimum Gasteiger partial charge on any atom is -0.495 e. The molecular formula is C20H21ClN4O3. The van der Waals surface area contributed by atoms with Crippen molar-refractivity contribution in [1.82, 2.24) is 4.98 Å². The molecule has 1 N–H and O–H groups in total. The molecule has 2 heterocycles. The molecule has 28 heavy (non-hydrogen) atoms. The van der Waals surface area contributed by atoms with Gasteiger partial charge in [0.1, 0.15) is 23.4 Å². The lowest BCUT2D eigenvalue weighted by molar-refractivity contribution is -0.120. The van der Waals surface area contributed by atoms with Gasteiger partial charge in [0.05, 0.1) is 30.5 Å². The number of piperidine rings is 1. The molecule has 0 radical (unpaired) electrons. The van der Waals surface area contributed by atoms with Gasteiger partial charge in [0, 0.05) is 31.3 Å². The topological polar surface area (TPSA) is 87.5 Å². The second kappa shape index (κ2) is 8.81. The Morgan fingerprint density at radius 2 is 1.96 bits per heavy atom. The maximum absolute atomic E-state index is 12.7. The lowest BCUT2D eigenvalue weighted by atomic mass is 9.95. The molecule has 0 saturated carbocycles. The van der Waals surface area contributed by atoms with Crippen LogP contribution in [0.1, 0.15) is 18.4 Å². The van der Waals surface area contributed by atoms with Crippen LogP contribution < -0.4 is 19.7 Å². The van der Waals surface area contributed by atoms with E-state index >= 15 is 0 Å². The summed E-state index contributed by atoms with van der Waals surface area (Å²) in [6.45, 7) is 1.44. The van der Waals surface area contributed by atoms with E-state index in [0.29, 0.717) is 40.6 Å². The van der Waals surface area contributed by atoms with Crippen molar-refractivity contribution < 1.29 is 14.3 Å². The van der Waals surface area contributed by atoms with Crippen molar-refractivity contribution in [3.63, 3.8) is 0 Å². The van der Waals surface area contributed by atoms with Crippen molar-refractivity contribution in [2.75, 3.05) is 37.5 Å². The highest BCUT2D eigenvalue weighted by Gasteiger charge is 2.26. The zero-order chi connectivity index (χ0) is 20.1. The van der Waals surface area contributed by atoms with E-state index in [9.17, 15) is 4.79 Å². The van der Waals surface area contributed by atoms with E-state index in [1.54, 1.807) is 24.4 Å². The third kappa shape index (κ3) is 4.29. The number of carbonyl (C=O) groups excluding carboxylic acids is 1. The number of amides is 1. The molecule has 1 aromatic heterocycles. The molecule has 146 valence electrons. The van der Waals surface area contributed by atoms with Gasteiger partial charge >= 0.3 is 0 Å². The van der Waals surface area contributed by atoms with Gasteiger partial charge in [-0.25, -0.2) is 4.98 Å². The Balaban J connectivity index is 1.62. The third-order valence-corrected chi connectivity index (χ3v) is 5.09. The van der Waals surface area contributed by atoms with E-state index in [4.69, 9.17) is 26.3 Å². The molecule has 3 rings (SSSR count). The first kappa shape index (κ1) is 19.8. The largest absolute Gasteiger partial charge is 0.495 e. The average Bonchev–Trinajstić information content (AvgIpc) is 2.74. The fourth-order valence-electron chi connectivity index (χ4n) is 3.20. The highest BCUT2D eigenvalue weighted by molar-refractivity contribution is 6.32. The van der Waals surface area contributed by atoms with Gasteiger partial charge in [-0.2, -0.15) is 5.26 Å². The molecule has 7 nitrogen and oxygen atoms in total. The Hall–Kier alpha value is -2.98. The van der Waals surface area contributed by atoms with E-state index < -0.39 is 0 Å². The molecule has 0 unspecified atom stereocenters. The quantitative estimate of drug-likeness (QED) is 0.826. The van der Waals surface area contributed by atoms with Gasteiger partial charge in [-0.05, 0) is 31.0 Å². The van der Waals surface area contributed by atoms with E-state index in [0.717, 1.165) is 18.9 Å². The van der Waals surface area contributed by atoms with Gasteiger partial charge in [-0.15, -0.1) is 0 Å². The number of halogens is 1. The number of benzene rings is 1. The highest BCUT2D eigenvalue weighted by atomic mass is 35.5.